The summed E-state index contributed by atoms with van der Waals surface area (Å²) in [6.07, 6.45) is 4.76. The van der Waals surface area contributed by atoms with Gasteiger partial charge in [-0.2, -0.15) is 0 Å². The zero-order chi connectivity index (χ0) is 15.7. The summed E-state index contributed by atoms with van der Waals surface area (Å²) in [7, 11) is 0. The second-order valence-corrected chi connectivity index (χ2v) is 6.64. The molecule has 2 aromatic carbocycles. The Morgan fingerprint density at radius 1 is 0.682 bits per heavy atom. The quantitative estimate of drug-likeness (QED) is 0.804. The fraction of sp³-hybridized carbons (Fsp3) is 0.400. The van der Waals surface area contributed by atoms with Crippen LogP contribution in [0.1, 0.15) is 59.8 Å². The lowest BCUT2D eigenvalue weighted by atomic mass is 9.76. The summed E-state index contributed by atoms with van der Waals surface area (Å²) in [6, 6.07) is 12.0. The first-order chi connectivity index (χ1) is 10.5. The van der Waals surface area contributed by atoms with Crippen molar-refractivity contribution in [1.29, 1.82) is 0 Å². The highest BCUT2D eigenvalue weighted by Crippen LogP contribution is 2.41. The van der Waals surface area contributed by atoms with Crippen molar-refractivity contribution in [3.8, 4) is 11.5 Å². The van der Waals surface area contributed by atoms with Gasteiger partial charge in [0.05, 0.1) is 0 Å². The van der Waals surface area contributed by atoms with E-state index in [0.29, 0.717) is 23.3 Å². The molecular weight excluding hydrogens is 272 g/mol. The Morgan fingerprint density at radius 2 is 1.05 bits per heavy atom. The van der Waals surface area contributed by atoms with Crippen molar-refractivity contribution in [2.45, 2.75) is 51.4 Å². The molecule has 2 aromatic rings. The molecule has 0 aromatic heterocycles. The second kappa shape index (κ2) is 6.04. The van der Waals surface area contributed by atoms with Gasteiger partial charge in [-0.3, -0.25) is 0 Å². The molecule has 2 heteroatoms. The Morgan fingerprint density at radius 3 is 1.36 bits per heavy atom. The molecule has 0 saturated heterocycles. The number of rotatable bonds is 2. The van der Waals surface area contributed by atoms with Crippen LogP contribution >= 0.6 is 0 Å². The molecule has 0 aliphatic heterocycles. The van der Waals surface area contributed by atoms with Gasteiger partial charge in [-0.1, -0.05) is 24.3 Å². The molecule has 1 aliphatic rings. The molecule has 0 bridgehead atoms. The summed E-state index contributed by atoms with van der Waals surface area (Å²) < 4.78 is 0. The fourth-order valence-corrected chi connectivity index (χ4v) is 3.63. The molecular formula is C20H24O2. The van der Waals surface area contributed by atoms with Crippen LogP contribution in [0, 0.1) is 13.8 Å². The minimum Gasteiger partial charge on any atom is -0.508 e. The Bertz CT molecular complexity index is 608. The Balaban J connectivity index is 1.69. The lowest BCUT2D eigenvalue weighted by Gasteiger charge is -2.29. The average molecular weight is 296 g/mol. The van der Waals surface area contributed by atoms with Gasteiger partial charge < -0.3 is 10.2 Å². The van der Waals surface area contributed by atoms with Gasteiger partial charge in [-0.15, -0.1) is 0 Å². The van der Waals surface area contributed by atoms with Gasteiger partial charge in [0.15, 0.2) is 0 Å². The molecule has 3 rings (SSSR count). The SMILES string of the molecule is Cc1cc(C2CCC(c3ccc(O)c(C)c3)CC2)ccc1O. The van der Waals surface area contributed by atoms with Crippen LogP contribution in [0.2, 0.25) is 0 Å². The number of aryl methyl sites for hydroxylation is 2. The van der Waals surface area contributed by atoms with Crippen LogP contribution in [-0.2, 0) is 0 Å². The first kappa shape index (κ1) is 15.0. The minimum absolute atomic E-state index is 0.386. The topological polar surface area (TPSA) is 40.5 Å². The number of aromatic hydroxyl groups is 2. The smallest absolute Gasteiger partial charge is 0.118 e. The normalized spacial score (nSPS) is 21.7. The summed E-state index contributed by atoms with van der Waals surface area (Å²) in [5.74, 6) is 1.98. The monoisotopic (exact) mass is 296 g/mol. The average Bonchev–Trinajstić information content (AvgIpc) is 2.53. The van der Waals surface area contributed by atoms with E-state index in [-0.39, 0.29) is 0 Å². The van der Waals surface area contributed by atoms with Crippen molar-refractivity contribution in [2.75, 3.05) is 0 Å². The van der Waals surface area contributed by atoms with E-state index in [1.54, 1.807) is 0 Å². The van der Waals surface area contributed by atoms with Gasteiger partial charge in [0.25, 0.3) is 0 Å². The summed E-state index contributed by atoms with van der Waals surface area (Å²) in [6.45, 7) is 3.92. The number of hydrogen-bond acceptors (Lipinski definition) is 2. The molecule has 0 amide bonds. The largest absolute Gasteiger partial charge is 0.508 e. The standard InChI is InChI=1S/C20H24O2/c1-13-11-17(7-9-19(13)21)15-3-5-16(6-4-15)18-8-10-20(22)14(2)12-18/h7-12,15-16,21-22H,3-6H2,1-2H3. The summed E-state index contributed by atoms with van der Waals surface area (Å²) in [4.78, 5) is 0. The van der Waals surface area contributed by atoms with Gasteiger partial charge in [0.1, 0.15) is 11.5 Å². The fourth-order valence-electron chi connectivity index (χ4n) is 3.63. The first-order valence-corrected chi connectivity index (χ1v) is 8.13. The van der Waals surface area contributed by atoms with Crippen molar-refractivity contribution >= 4 is 0 Å². The molecule has 2 nitrogen and oxygen atoms in total. The van der Waals surface area contributed by atoms with E-state index in [9.17, 15) is 10.2 Å². The molecule has 0 unspecified atom stereocenters. The van der Waals surface area contributed by atoms with E-state index in [1.807, 2.05) is 26.0 Å². The second-order valence-electron chi connectivity index (χ2n) is 6.64. The highest BCUT2D eigenvalue weighted by atomic mass is 16.3. The maximum atomic E-state index is 9.66. The molecule has 1 fully saturated rings. The predicted molar refractivity (Wildman–Crippen MR) is 89.6 cm³/mol. The van der Waals surface area contributed by atoms with Crippen LogP contribution in [0.15, 0.2) is 36.4 Å². The maximum Gasteiger partial charge on any atom is 0.118 e. The Kier molecular flexibility index (Phi) is 4.10. The molecule has 1 saturated carbocycles. The van der Waals surface area contributed by atoms with Gasteiger partial charge >= 0.3 is 0 Å². The van der Waals surface area contributed by atoms with Crippen LogP contribution in [0.4, 0.5) is 0 Å². The van der Waals surface area contributed by atoms with Crippen LogP contribution in [0.3, 0.4) is 0 Å². The van der Waals surface area contributed by atoms with Crippen LogP contribution in [0.5, 0.6) is 11.5 Å². The summed E-state index contributed by atoms with van der Waals surface area (Å²) >= 11 is 0. The first-order valence-electron chi connectivity index (χ1n) is 8.13. The van der Waals surface area contributed by atoms with Gasteiger partial charge in [0, 0.05) is 0 Å². The third kappa shape index (κ3) is 2.96. The highest BCUT2D eigenvalue weighted by Gasteiger charge is 2.24. The molecule has 0 radical (unpaired) electrons. The molecule has 116 valence electrons. The van der Waals surface area contributed by atoms with Crippen molar-refractivity contribution in [2.24, 2.45) is 0 Å². The van der Waals surface area contributed by atoms with Crippen LogP contribution in [0.25, 0.3) is 0 Å². The van der Waals surface area contributed by atoms with Crippen molar-refractivity contribution < 1.29 is 10.2 Å². The molecule has 22 heavy (non-hydrogen) atoms. The Hall–Kier alpha value is -1.96. The lowest BCUT2D eigenvalue weighted by Crippen LogP contribution is -2.12. The summed E-state index contributed by atoms with van der Waals surface area (Å²) in [5.41, 5.74) is 4.65. The van der Waals surface area contributed by atoms with E-state index < -0.39 is 0 Å². The highest BCUT2D eigenvalue weighted by molar-refractivity contribution is 5.38. The third-order valence-corrected chi connectivity index (χ3v) is 5.11. The number of phenolic OH excluding ortho intramolecular Hbond substituents is 2. The van der Waals surface area contributed by atoms with Crippen LogP contribution < -0.4 is 0 Å². The van der Waals surface area contributed by atoms with Crippen LogP contribution in [-0.4, -0.2) is 10.2 Å². The number of phenols is 2. The molecule has 0 heterocycles. The molecule has 1 aliphatic carbocycles. The van der Waals surface area contributed by atoms with E-state index in [1.165, 1.54) is 36.8 Å². The van der Waals surface area contributed by atoms with Crippen molar-refractivity contribution in [1.82, 2.24) is 0 Å². The molecule has 0 atom stereocenters. The summed E-state index contributed by atoms with van der Waals surface area (Å²) in [5, 5.41) is 19.3. The molecule has 2 N–H and O–H groups in total. The van der Waals surface area contributed by atoms with Gasteiger partial charge in [-0.25, -0.2) is 0 Å². The number of benzene rings is 2. The van der Waals surface area contributed by atoms with E-state index >= 15 is 0 Å². The zero-order valence-corrected chi connectivity index (χ0v) is 13.3. The number of hydrogen-bond donors (Lipinski definition) is 2. The van der Waals surface area contributed by atoms with E-state index in [4.69, 9.17) is 0 Å². The maximum absolute atomic E-state index is 9.66. The zero-order valence-electron chi connectivity index (χ0n) is 13.3. The van der Waals surface area contributed by atoms with Gasteiger partial charge in [0.2, 0.25) is 0 Å². The van der Waals surface area contributed by atoms with E-state index in [2.05, 4.69) is 24.3 Å². The molecule has 0 spiro atoms. The third-order valence-electron chi connectivity index (χ3n) is 5.11. The Labute approximate surface area is 132 Å². The van der Waals surface area contributed by atoms with Gasteiger partial charge in [-0.05, 0) is 85.8 Å². The van der Waals surface area contributed by atoms with E-state index in [0.717, 1.165) is 11.1 Å². The van der Waals surface area contributed by atoms with Crippen molar-refractivity contribution in [3.05, 3.63) is 58.7 Å². The lowest BCUT2D eigenvalue weighted by molar-refractivity contribution is 0.395. The van der Waals surface area contributed by atoms with Crippen molar-refractivity contribution in [3.63, 3.8) is 0 Å². The predicted octanol–water partition coefficient (Wildman–Crippen LogP) is 5.16. The minimum atomic E-state index is 0.386.